The number of likely N-dealkylation sites (N-methyl/N-ethyl adjacent to an activating group) is 1. The van der Waals surface area contributed by atoms with E-state index in [1.54, 1.807) is 0 Å². The van der Waals surface area contributed by atoms with E-state index in [-0.39, 0.29) is 29.5 Å². The number of aliphatic hydroxyl groups excluding tert-OH is 1. The molecular formula is C14H25N3O4. The van der Waals surface area contributed by atoms with E-state index in [4.69, 9.17) is 0 Å². The summed E-state index contributed by atoms with van der Waals surface area (Å²) in [6, 6.07) is 0.498. The Morgan fingerprint density at radius 3 is 2.86 bits per heavy atom. The number of nitrogens with zero attached hydrogens (tertiary/aromatic N) is 2. The maximum atomic E-state index is 12.0. The Balaban J connectivity index is 1.70. The summed E-state index contributed by atoms with van der Waals surface area (Å²) >= 11 is 0. The average molecular weight is 299 g/mol. The normalized spacial score (nSPS) is 32.1. The lowest BCUT2D eigenvalue weighted by Gasteiger charge is -2.41. The van der Waals surface area contributed by atoms with E-state index < -0.39 is 6.10 Å². The molecule has 0 aromatic heterocycles. The molecule has 0 aromatic carbocycles. The third kappa shape index (κ3) is 4.14. The van der Waals surface area contributed by atoms with Gasteiger partial charge < -0.3 is 10.4 Å². The molecule has 2 aliphatic rings. The standard InChI is InChI=1S/C14H25N3O4/c1-16-10-6-7-11(16)14(12(18)9-10)15-13(19)5-3-2-4-8-17(20)21/h10-12,14,18H,2-9H2,1H3,(H,15,19)/t10-,11+,12-,14+/m0/s1. The fraction of sp³-hybridized carbons (Fsp3) is 0.929. The number of unbranched alkanes of at least 4 members (excludes halogenated alkanes) is 2. The van der Waals surface area contributed by atoms with Gasteiger partial charge in [0.1, 0.15) is 0 Å². The van der Waals surface area contributed by atoms with E-state index in [1.165, 1.54) is 0 Å². The van der Waals surface area contributed by atoms with E-state index in [0.717, 1.165) is 19.3 Å². The summed E-state index contributed by atoms with van der Waals surface area (Å²) in [6.45, 7) is -0.0305. The van der Waals surface area contributed by atoms with Crippen LogP contribution in [0.5, 0.6) is 0 Å². The van der Waals surface area contributed by atoms with Crippen LogP contribution >= 0.6 is 0 Å². The first-order valence-corrected chi connectivity index (χ1v) is 7.80. The molecule has 1 amide bonds. The van der Waals surface area contributed by atoms with Gasteiger partial charge in [0, 0.05) is 29.8 Å². The van der Waals surface area contributed by atoms with Gasteiger partial charge in [0.25, 0.3) is 0 Å². The van der Waals surface area contributed by atoms with Crippen molar-refractivity contribution < 1.29 is 14.8 Å². The highest BCUT2D eigenvalue weighted by Crippen LogP contribution is 2.34. The molecule has 0 aliphatic carbocycles. The van der Waals surface area contributed by atoms with Crippen molar-refractivity contribution in [1.29, 1.82) is 0 Å². The van der Waals surface area contributed by atoms with Crippen LogP contribution < -0.4 is 5.32 Å². The molecule has 2 aliphatic heterocycles. The minimum atomic E-state index is -0.461. The molecule has 120 valence electrons. The fourth-order valence-corrected chi connectivity index (χ4v) is 3.59. The minimum absolute atomic E-state index is 0.0305. The van der Waals surface area contributed by atoms with Crippen LogP contribution in [-0.2, 0) is 4.79 Å². The summed E-state index contributed by atoms with van der Waals surface area (Å²) in [7, 11) is 2.06. The van der Waals surface area contributed by atoms with Crippen LogP contribution in [0.3, 0.4) is 0 Å². The van der Waals surface area contributed by atoms with Gasteiger partial charge in [-0.2, -0.15) is 0 Å². The Labute approximate surface area is 124 Å². The summed E-state index contributed by atoms with van der Waals surface area (Å²) in [5, 5.41) is 23.3. The van der Waals surface area contributed by atoms with Gasteiger partial charge in [-0.25, -0.2) is 0 Å². The number of fused-ring (bicyclic) bond motifs is 2. The monoisotopic (exact) mass is 299 g/mol. The van der Waals surface area contributed by atoms with Crippen molar-refractivity contribution in [2.24, 2.45) is 0 Å². The molecular weight excluding hydrogens is 274 g/mol. The van der Waals surface area contributed by atoms with Gasteiger partial charge in [-0.15, -0.1) is 0 Å². The second-order valence-electron chi connectivity index (χ2n) is 6.23. The number of hydrogen-bond acceptors (Lipinski definition) is 5. The van der Waals surface area contributed by atoms with Crippen molar-refractivity contribution in [2.75, 3.05) is 13.6 Å². The lowest BCUT2D eigenvalue weighted by molar-refractivity contribution is -0.480. The molecule has 2 N–H and O–H groups in total. The van der Waals surface area contributed by atoms with E-state index >= 15 is 0 Å². The van der Waals surface area contributed by atoms with E-state index in [0.29, 0.717) is 31.7 Å². The largest absolute Gasteiger partial charge is 0.391 e. The van der Waals surface area contributed by atoms with Gasteiger partial charge in [0.05, 0.1) is 12.1 Å². The third-order valence-electron chi connectivity index (χ3n) is 4.81. The first-order valence-electron chi connectivity index (χ1n) is 7.80. The van der Waals surface area contributed by atoms with Crippen molar-refractivity contribution in [2.45, 2.75) is 69.2 Å². The van der Waals surface area contributed by atoms with Crippen LogP contribution in [0.1, 0.15) is 44.9 Å². The molecule has 2 saturated heterocycles. The number of carbonyl (C=O) groups is 1. The number of carbonyl (C=O) groups excluding carboxylic acids is 1. The third-order valence-corrected chi connectivity index (χ3v) is 4.81. The second-order valence-corrected chi connectivity index (χ2v) is 6.23. The Bertz CT molecular complexity index is 390. The summed E-state index contributed by atoms with van der Waals surface area (Å²) in [5.41, 5.74) is 0. The lowest BCUT2D eigenvalue weighted by Crippen LogP contribution is -2.59. The van der Waals surface area contributed by atoms with E-state index in [1.807, 2.05) is 0 Å². The van der Waals surface area contributed by atoms with Gasteiger partial charge in [0.2, 0.25) is 12.5 Å². The Morgan fingerprint density at radius 2 is 2.14 bits per heavy atom. The molecule has 0 radical (unpaired) electrons. The first kappa shape index (κ1) is 16.2. The first-order chi connectivity index (χ1) is 9.99. The second kappa shape index (κ2) is 7.17. The van der Waals surface area contributed by atoms with Gasteiger partial charge in [-0.1, -0.05) is 0 Å². The fourth-order valence-electron chi connectivity index (χ4n) is 3.59. The highest BCUT2D eigenvalue weighted by Gasteiger charge is 2.45. The molecule has 2 fully saturated rings. The zero-order chi connectivity index (χ0) is 15.4. The SMILES string of the molecule is CN1[C@H]2CC[C@@H]1[C@@H](NC(=O)CCCCC[N+](=O)[O-])[C@@H](O)C2. The predicted molar refractivity (Wildman–Crippen MR) is 77.5 cm³/mol. The molecule has 7 heteroatoms. The summed E-state index contributed by atoms with van der Waals surface area (Å²) < 4.78 is 0. The number of rotatable bonds is 7. The van der Waals surface area contributed by atoms with Gasteiger partial charge >= 0.3 is 0 Å². The van der Waals surface area contributed by atoms with Crippen molar-refractivity contribution in [3.63, 3.8) is 0 Å². The van der Waals surface area contributed by atoms with E-state index in [9.17, 15) is 20.0 Å². The van der Waals surface area contributed by atoms with Crippen LogP contribution in [0.15, 0.2) is 0 Å². The predicted octanol–water partition coefficient (Wildman–Crippen LogP) is 0.536. The number of nitro groups is 1. The van der Waals surface area contributed by atoms with Crippen LogP contribution in [-0.4, -0.2) is 58.7 Å². The maximum Gasteiger partial charge on any atom is 0.220 e. The molecule has 7 nitrogen and oxygen atoms in total. The van der Waals surface area contributed by atoms with Crippen molar-refractivity contribution in [3.8, 4) is 0 Å². The number of hydrogen-bond donors (Lipinski definition) is 2. The van der Waals surface area contributed by atoms with E-state index in [2.05, 4.69) is 17.3 Å². The quantitative estimate of drug-likeness (QED) is 0.406. The zero-order valence-corrected chi connectivity index (χ0v) is 12.5. The number of nitrogens with one attached hydrogen (secondary N) is 1. The molecule has 21 heavy (non-hydrogen) atoms. The summed E-state index contributed by atoms with van der Waals surface area (Å²) in [4.78, 5) is 24.1. The van der Waals surface area contributed by atoms with Crippen LogP contribution in [0, 0.1) is 10.1 Å². The molecule has 2 heterocycles. The number of piperidine rings is 1. The lowest BCUT2D eigenvalue weighted by atomic mass is 9.94. The minimum Gasteiger partial charge on any atom is -0.391 e. The number of aliphatic hydroxyl groups is 1. The van der Waals surface area contributed by atoms with Crippen molar-refractivity contribution >= 4 is 5.91 Å². The molecule has 2 rings (SSSR count). The smallest absolute Gasteiger partial charge is 0.220 e. The highest BCUT2D eigenvalue weighted by molar-refractivity contribution is 5.76. The van der Waals surface area contributed by atoms with Crippen molar-refractivity contribution in [3.05, 3.63) is 10.1 Å². The number of amides is 1. The van der Waals surface area contributed by atoms with Crippen molar-refractivity contribution in [1.82, 2.24) is 10.2 Å². The Hall–Kier alpha value is -1.21. The van der Waals surface area contributed by atoms with Gasteiger partial charge in [0.15, 0.2) is 0 Å². The molecule has 4 atom stereocenters. The maximum absolute atomic E-state index is 12.0. The average Bonchev–Trinajstić information content (AvgIpc) is 2.67. The van der Waals surface area contributed by atoms with Crippen LogP contribution in [0.25, 0.3) is 0 Å². The summed E-state index contributed by atoms with van der Waals surface area (Å²) in [5.74, 6) is -0.0566. The topological polar surface area (TPSA) is 95.7 Å². The highest BCUT2D eigenvalue weighted by atomic mass is 16.6. The summed E-state index contributed by atoms with van der Waals surface area (Å²) in [6.07, 6.45) is 4.61. The molecule has 0 aromatic rings. The molecule has 2 bridgehead atoms. The zero-order valence-electron chi connectivity index (χ0n) is 12.5. The molecule has 0 saturated carbocycles. The Kier molecular flexibility index (Phi) is 5.52. The van der Waals surface area contributed by atoms with Gasteiger partial charge in [-0.3, -0.25) is 19.8 Å². The molecule has 0 unspecified atom stereocenters. The van der Waals surface area contributed by atoms with Gasteiger partial charge in [-0.05, 0) is 39.2 Å². The van der Waals surface area contributed by atoms with Crippen LogP contribution in [0.4, 0.5) is 0 Å². The van der Waals surface area contributed by atoms with Crippen LogP contribution in [0.2, 0.25) is 0 Å². The Morgan fingerprint density at radius 1 is 1.38 bits per heavy atom. The molecule has 0 spiro atoms.